The Labute approximate surface area is 146 Å². The molecule has 0 radical (unpaired) electrons. The average Bonchev–Trinajstić information content (AvgIpc) is 2.55. The minimum atomic E-state index is 0.447. The quantitative estimate of drug-likeness (QED) is 0.692. The number of benzene rings is 2. The summed E-state index contributed by atoms with van der Waals surface area (Å²) in [6.45, 7) is 10.7. The molecule has 132 valence electrons. The molecule has 0 spiro atoms. The Bertz CT molecular complexity index is 650. The minimum absolute atomic E-state index is 0.447. The molecular formula is C21H31NO2. The molecule has 0 saturated carbocycles. The van der Waals surface area contributed by atoms with Crippen LogP contribution in [0.2, 0.25) is 0 Å². The Balaban J connectivity index is 2.32. The first kappa shape index (κ1) is 18.6. The molecule has 0 atom stereocenters. The van der Waals surface area contributed by atoms with Gasteiger partial charge in [-0.25, -0.2) is 0 Å². The third-order valence-electron chi connectivity index (χ3n) is 4.15. The number of rotatable bonds is 9. The lowest BCUT2D eigenvalue weighted by Crippen LogP contribution is -2.08. The highest BCUT2D eigenvalue weighted by atomic mass is 16.5. The van der Waals surface area contributed by atoms with Gasteiger partial charge in [0.2, 0.25) is 0 Å². The van der Waals surface area contributed by atoms with Crippen LogP contribution in [0.1, 0.15) is 46.1 Å². The third kappa shape index (κ3) is 4.88. The van der Waals surface area contributed by atoms with Crippen LogP contribution in [0.25, 0.3) is 10.8 Å². The van der Waals surface area contributed by atoms with Crippen LogP contribution in [0.5, 0.6) is 11.5 Å². The molecule has 0 bridgehead atoms. The van der Waals surface area contributed by atoms with Crippen LogP contribution < -0.4 is 15.2 Å². The number of ether oxygens (including phenoxy) is 2. The van der Waals surface area contributed by atoms with Crippen molar-refractivity contribution in [3.63, 3.8) is 0 Å². The zero-order valence-electron chi connectivity index (χ0n) is 15.5. The van der Waals surface area contributed by atoms with E-state index in [-0.39, 0.29) is 0 Å². The summed E-state index contributed by atoms with van der Waals surface area (Å²) in [6, 6.07) is 10.3. The van der Waals surface area contributed by atoms with E-state index < -0.39 is 0 Å². The van der Waals surface area contributed by atoms with Gasteiger partial charge in [0.25, 0.3) is 0 Å². The first-order valence-corrected chi connectivity index (χ1v) is 9.03. The second-order valence-electron chi connectivity index (χ2n) is 7.17. The number of nitrogens with two attached hydrogens (primary N) is 1. The fourth-order valence-corrected chi connectivity index (χ4v) is 2.61. The van der Waals surface area contributed by atoms with Gasteiger partial charge in [-0.15, -0.1) is 0 Å². The largest absolute Gasteiger partial charge is 0.493 e. The fourth-order valence-electron chi connectivity index (χ4n) is 2.61. The van der Waals surface area contributed by atoms with Crippen molar-refractivity contribution in [2.75, 3.05) is 13.2 Å². The summed E-state index contributed by atoms with van der Waals surface area (Å²) in [5, 5.41) is 2.18. The lowest BCUT2D eigenvalue weighted by molar-refractivity contribution is 0.284. The molecule has 0 fully saturated rings. The molecule has 2 rings (SSSR count). The number of hydrogen-bond acceptors (Lipinski definition) is 3. The molecule has 3 nitrogen and oxygen atoms in total. The third-order valence-corrected chi connectivity index (χ3v) is 4.15. The predicted octanol–water partition coefficient (Wildman–Crippen LogP) is 5.15. The molecule has 0 aliphatic carbocycles. The monoisotopic (exact) mass is 329 g/mol. The first-order chi connectivity index (χ1) is 11.5. The van der Waals surface area contributed by atoms with Gasteiger partial charge in [-0.1, -0.05) is 52.0 Å². The van der Waals surface area contributed by atoms with E-state index in [1.54, 1.807) is 0 Å². The van der Waals surface area contributed by atoms with Crippen molar-refractivity contribution in [2.24, 2.45) is 17.6 Å². The van der Waals surface area contributed by atoms with Crippen molar-refractivity contribution in [1.82, 2.24) is 0 Å². The summed E-state index contributed by atoms with van der Waals surface area (Å²) in [5.74, 6) is 3.06. The van der Waals surface area contributed by atoms with Crippen LogP contribution in [0.15, 0.2) is 30.3 Å². The van der Waals surface area contributed by atoms with Gasteiger partial charge in [-0.2, -0.15) is 0 Å². The van der Waals surface area contributed by atoms with E-state index in [0.29, 0.717) is 25.0 Å². The second kappa shape index (κ2) is 8.93. The maximum Gasteiger partial charge on any atom is 0.131 e. The number of fused-ring (bicyclic) bond motifs is 1. The highest BCUT2D eigenvalue weighted by Gasteiger charge is 2.14. The van der Waals surface area contributed by atoms with Gasteiger partial charge in [-0.05, 0) is 30.7 Å². The fraction of sp³-hybridized carbons (Fsp3) is 0.524. The lowest BCUT2D eigenvalue weighted by Gasteiger charge is -2.18. The van der Waals surface area contributed by atoms with Crippen molar-refractivity contribution in [1.29, 1.82) is 0 Å². The Kier molecular flexibility index (Phi) is 6.92. The van der Waals surface area contributed by atoms with Gasteiger partial charge in [-0.3, -0.25) is 0 Å². The summed E-state index contributed by atoms with van der Waals surface area (Å²) >= 11 is 0. The average molecular weight is 329 g/mol. The van der Waals surface area contributed by atoms with Gasteiger partial charge in [0, 0.05) is 22.9 Å². The highest BCUT2D eigenvalue weighted by molar-refractivity contribution is 5.94. The summed E-state index contributed by atoms with van der Waals surface area (Å²) in [6.07, 6.45) is 2.07. The topological polar surface area (TPSA) is 44.5 Å². The van der Waals surface area contributed by atoms with Crippen LogP contribution in [0.3, 0.4) is 0 Å². The van der Waals surface area contributed by atoms with E-state index in [9.17, 15) is 0 Å². The van der Waals surface area contributed by atoms with E-state index in [1.165, 1.54) is 0 Å². The zero-order valence-corrected chi connectivity index (χ0v) is 15.5. The van der Waals surface area contributed by atoms with Gasteiger partial charge in [0.15, 0.2) is 0 Å². The molecule has 0 amide bonds. The number of hydrogen-bond donors (Lipinski definition) is 1. The van der Waals surface area contributed by atoms with E-state index in [2.05, 4.69) is 39.8 Å². The van der Waals surface area contributed by atoms with Crippen molar-refractivity contribution in [3.05, 3.63) is 35.9 Å². The maximum atomic E-state index is 6.11. The molecular weight excluding hydrogens is 298 g/mol. The molecule has 2 aromatic carbocycles. The van der Waals surface area contributed by atoms with E-state index in [4.69, 9.17) is 15.2 Å². The Morgan fingerprint density at radius 3 is 2.04 bits per heavy atom. The van der Waals surface area contributed by atoms with Crippen molar-refractivity contribution >= 4 is 10.8 Å². The van der Waals surface area contributed by atoms with Crippen molar-refractivity contribution < 1.29 is 9.47 Å². The molecule has 0 unspecified atom stereocenters. The van der Waals surface area contributed by atoms with E-state index in [0.717, 1.165) is 47.3 Å². The molecule has 3 heteroatoms. The van der Waals surface area contributed by atoms with Crippen molar-refractivity contribution in [3.8, 4) is 11.5 Å². The molecule has 0 heterocycles. The van der Waals surface area contributed by atoms with Crippen LogP contribution in [0, 0.1) is 11.8 Å². The van der Waals surface area contributed by atoms with Crippen molar-refractivity contribution in [2.45, 2.75) is 47.1 Å². The molecule has 2 N–H and O–H groups in total. The summed E-state index contributed by atoms with van der Waals surface area (Å²) in [5.41, 5.74) is 6.99. The minimum Gasteiger partial charge on any atom is -0.493 e. The van der Waals surface area contributed by atoms with Crippen LogP contribution in [0.4, 0.5) is 0 Å². The zero-order chi connectivity index (χ0) is 17.5. The van der Waals surface area contributed by atoms with Gasteiger partial charge >= 0.3 is 0 Å². The van der Waals surface area contributed by atoms with Gasteiger partial charge in [0.05, 0.1) is 13.2 Å². The smallest absolute Gasteiger partial charge is 0.131 e. The SMILES string of the molecule is CC(C)CCOc1cc(CN)c(OCCC(C)C)c2ccccc12. The van der Waals surface area contributed by atoms with Crippen LogP contribution in [-0.4, -0.2) is 13.2 Å². The predicted molar refractivity (Wildman–Crippen MR) is 102 cm³/mol. The summed E-state index contributed by atoms with van der Waals surface area (Å²) in [4.78, 5) is 0. The first-order valence-electron chi connectivity index (χ1n) is 9.03. The second-order valence-corrected chi connectivity index (χ2v) is 7.17. The molecule has 0 aromatic heterocycles. The van der Waals surface area contributed by atoms with Gasteiger partial charge in [0.1, 0.15) is 11.5 Å². The van der Waals surface area contributed by atoms with Crippen LogP contribution >= 0.6 is 0 Å². The summed E-state index contributed by atoms with van der Waals surface area (Å²) in [7, 11) is 0. The normalized spacial score (nSPS) is 11.5. The Morgan fingerprint density at radius 2 is 1.46 bits per heavy atom. The van der Waals surface area contributed by atoms with Gasteiger partial charge < -0.3 is 15.2 Å². The highest BCUT2D eigenvalue weighted by Crippen LogP contribution is 2.37. The molecule has 0 aliphatic rings. The Hall–Kier alpha value is -1.74. The molecule has 24 heavy (non-hydrogen) atoms. The lowest BCUT2D eigenvalue weighted by atomic mass is 10.0. The standard InChI is InChI=1S/C21H31NO2/c1-15(2)9-11-23-20-13-17(14-22)21(24-12-10-16(3)4)19-8-6-5-7-18(19)20/h5-8,13,15-16H,9-12,14,22H2,1-4H3. The van der Waals surface area contributed by atoms with E-state index in [1.807, 2.05) is 18.2 Å². The molecule has 0 aliphatic heterocycles. The maximum absolute atomic E-state index is 6.11. The van der Waals surface area contributed by atoms with Crippen LogP contribution in [-0.2, 0) is 6.54 Å². The summed E-state index contributed by atoms with van der Waals surface area (Å²) < 4.78 is 12.2. The molecule has 0 saturated heterocycles. The Morgan fingerprint density at radius 1 is 0.875 bits per heavy atom. The molecule has 2 aromatic rings. The van der Waals surface area contributed by atoms with E-state index >= 15 is 0 Å².